The Morgan fingerprint density at radius 1 is 0.500 bits per heavy atom. The van der Waals surface area contributed by atoms with Gasteiger partial charge in [-0.15, -0.1) is 0 Å². The Morgan fingerprint density at radius 2 is 0.887 bits per heavy atom. The van der Waals surface area contributed by atoms with Gasteiger partial charge in [-0.3, -0.25) is 14.5 Å². The van der Waals surface area contributed by atoms with Crippen LogP contribution in [0.2, 0.25) is 5.79 Å². The highest BCUT2D eigenvalue weighted by Gasteiger charge is 2.28. The Hall–Kier alpha value is -8.61. The van der Waals surface area contributed by atoms with E-state index in [4.69, 9.17) is 4.72 Å². The second-order valence-corrected chi connectivity index (χ2v) is 20.8. The number of para-hydroxylation sites is 3. The highest BCUT2D eigenvalue weighted by molar-refractivity contribution is 7.91. The van der Waals surface area contributed by atoms with Crippen molar-refractivity contribution in [3.05, 3.63) is 277 Å². The third-order valence-corrected chi connectivity index (χ3v) is 15.3. The lowest BCUT2D eigenvalue weighted by Crippen LogP contribution is -2.14. The Balaban J connectivity index is 0.000000130. The maximum atomic E-state index is 12.9. The molecule has 0 saturated heterocycles. The normalized spacial score (nSPS) is 11.6. The summed E-state index contributed by atoms with van der Waals surface area (Å²) in [5.41, 5.74) is 5.89. The van der Waals surface area contributed by atoms with Crippen LogP contribution in [-0.4, -0.2) is 48.9 Å². The van der Waals surface area contributed by atoms with Crippen molar-refractivity contribution in [3.8, 4) is 5.69 Å². The molecule has 4 heterocycles. The molecular weight excluding hydrogens is 1050 g/mol. The molecule has 0 bridgehead atoms. The van der Waals surface area contributed by atoms with Crippen LogP contribution in [0, 0.1) is 30.2 Å². The summed E-state index contributed by atoms with van der Waals surface area (Å²) < 4.78 is 83.1. The molecule has 0 spiro atoms. The van der Waals surface area contributed by atoms with Gasteiger partial charge in [0, 0.05) is 46.4 Å². The quantitative estimate of drug-likeness (QED) is 0.0793. The molecule has 1 radical (unpaired) electrons. The van der Waals surface area contributed by atoms with Crippen molar-refractivity contribution in [2.24, 2.45) is 4.72 Å². The second-order valence-electron chi connectivity index (χ2n) is 18.2. The molecule has 0 amide bonds. The van der Waals surface area contributed by atoms with Gasteiger partial charge in [0.15, 0.2) is 23.3 Å². The number of pyridine rings is 2. The van der Waals surface area contributed by atoms with E-state index in [0.717, 1.165) is 56.6 Å². The van der Waals surface area contributed by atoms with E-state index >= 15 is 0 Å². The molecule has 4 N–H and O–H groups in total. The molecule has 0 saturated carbocycles. The van der Waals surface area contributed by atoms with Gasteiger partial charge in [-0.25, -0.2) is 31.0 Å². The van der Waals surface area contributed by atoms with E-state index in [1.807, 2.05) is 84.9 Å². The molecule has 399 valence electrons. The minimum absolute atomic E-state index is 0. The maximum Gasteiger partial charge on any atom is 0.313 e. The van der Waals surface area contributed by atoms with Gasteiger partial charge >= 0.3 is 15.4 Å². The number of hydrogen-bond donors (Lipinski definition) is 1. The number of hydrogen-bond acceptors (Lipinski definition) is 6. The number of halogens is 4. The summed E-state index contributed by atoms with van der Waals surface area (Å²) in [5.74, 6) is -3.22. The van der Waals surface area contributed by atoms with Gasteiger partial charge in [-0.05, 0) is 105 Å². The predicted octanol–water partition coefficient (Wildman–Crippen LogP) is 15.3. The molecule has 14 heteroatoms. The van der Waals surface area contributed by atoms with E-state index in [9.17, 15) is 26.0 Å². The molecule has 1 aliphatic rings. The topological polar surface area (TPSA) is 135 Å². The molecule has 0 aliphatic carbocycles. The zero-order valence-electron chi connectivity index (χ0n) is 44.0. The fourth-order valence-electron chi connectivity index (χ4n) is 9.54. The highest BCUT2D eigenvalue weighted by Crippen LogP contribution is 2.36. The van der Waals surface area contributed by atoms with Gasteiger partial charge in [0.05, 0.1) is 31.9 Å². The van der Waals surface area contributed by atoms with Gasteiger partial charge in [-0.2, -0.15) is 0 Å². The SMILES string of the molecule is CCc1c(F)c(F)c(C)c(F)c1F.O.O=S1(=O)c2ccccc2Cc2ccccc21.[CH3][Al][NH2].c1ccc(-n2cnc3ccccc32)cc1.c1ccc2c(c1)c1ccccc1c1ccccc21.c1cnc2c(c1)ccc1cccnc12. The van der Waals surface area contributed by atoms with Crippen LogP contribution in [0.1, 0.15) is 29.2 Å². The Bertz CT molecular complexity index is 4040. The summed E-state index contributed by atoms with van der Waals surface area (Å²) in [5, 5.41) is 10.3. The van der Waals surface area contributed by atoms with Crippen LogP contribution in [0.25, 0.3) is 70.8 Å². The van der Waals surface area contributed by atoms with E-state index in [1.54, 1.807) is 36.7 Å². The summed E-state index contributed by atoms with van der Waals surface area (Å²) in [7, 11) is -3.30. The van der Waals surface area contributed by atoms with Gasteiger partial charge < -0.3 is 10.2 Å². The van der Waals surface area contributed by atoms with Crippen molar-refractivity contribution < 1.29 is 31.5 Å². The number of nitrogens with two attached hydrogens (primary N) is 1. The molecule has 0 fully saturated rings. The molecule has 8 nitrogen and oxygen atoms in total. The smallest absolute Gasteiger partial charge is 0.313 e. The summed E-state index contributed by atoms with van der Waals surface area (Å²) in [6.45, 7) is 2.42. The first-order valence-corrected chi connectivity index (χ1v) is 28.8. The first-order chi connectivity index (χ1) is 38.5. The largest absolute Gasteiger partial charge is 0.420 e. The molecule has 1 aliphatic heterocycles. The minimum Gasteiger partial charge on any atom is -0.420 e. The summed E-state index contributed by atoms with van der Waals surface area (Å²) >= 11 is 0.250. The Morgan fingerprint density at radius 3 is 1.32 bits per heavy atom. The predicted molar refractivity (Wildman–Crippen MR) is 318 cm³/mol. The monoisotopic (exact) mass is 1100 g/mol. The first kappa shape index (κ1) is 57.6. The number of fused-ring (bicyclic) bond motifs is 12. The lowest BCUT2D eigenvalue weighted by molar-refractivity contribution is 0.432. The number of rotatable bonds is 2. The average Bonchev–Trinajstić information content (AvgIpc) is 4.01. The Labute approximate surface area is 468 Å². The van der Waals surface area contributed by atoms with Crippen molar-refractivity contribution in [2.75, 3.05) is 0 Å². The molecule has 14 rings (SSSR count). The van der Waals surface area contributed by atoms with Crippen LogP contribution < -0.4 is 4.72 Å². The van der Waals surface area contributed by atoms with Crippen LogP contribution in [-0.2, 0) is 22.7 Å². The van der Waals surface area contributed by atoms with Gasteiger partial charge in [0.1, 0.15) is 6.33 Å². The van der Waals surface area contributed by atoms with Crippen LogP contribution in [0.3, 0.4) is 0 Å². The summed E-state index contributed by atoms with van der Waals surface area (Å²) in [6.07, 6.45) is 6.09. The first-order valence-electron chi connectivity index (χ1n) is 25.5. The fourth-order valence-corrected chi connectivity index (χ4v) is 11.3. The standard InChI is InChI=1S/C18H12.C13H10N2.C13H10O2S.C12H8N2.C9H8F4.CH3.Al.H2N.H2O/c1-2-8-14-13(7-1)15-9-3-4-11-17(15)18-12-6-5-10-16(14)18;1-2-6-11(7-3-1)15-10-14-12-8-4-5-9-13(12)15;14-16(15)12-7-3-1-5-10(12)9-11-6-2-4-8-13(11)16;1-3-9-5-6-10-4-2-8-14-12(10)11(9)13-7-1;1-3-5-8(12)6(10)4(2)7(11)9(5)13;;;;/h1-12H;1-10H;1-8H,9H2;1-8H;3H2,1-2H3;1H3;;2*1H2/q;;;;;;+1;-1;. The third kappa shape index (κ3) is 12.2. The minimum atomic E-state index is -3.30. The average molecular weight is 1100 g/mol. The maximum absolute atomic E-state index is 12.9. The van der Waals surface area contributed by atoms with E-state index in [2.05, 4.69) is 135 Å². The van der Waals surface area contributed by atoms with E-state index < -0.39 is 44.2 Å². The fraction of sp³-hybridized carbons (Fsp3) is 0.0758. The number of sulfone groups is 1. The number of aromatic nitrogens is 4. The lowest BCUT2D eigenvalue weighted by atomic mass is 9.95. The number of benzene rings is 10. The molecular formula is C66H55AlF4N5O3S. The van der Waals surface area contributed by atoms with Gasteiger partial charge in [0.2, 0.25) is 9.84 Å². The van der Waals surface area contributed by atoms with Crippen LogP contribution in [0.15, 0.2) is 241 Å². The van der Waals surface area contributed by atoms with Crippen molar-refractivity contribution in [2.45, 2.75) is 42.3 Å². The highest BCUT2D eigenvalue weighted by atomic mass is 32.2. The number of nitrogens with zero attached hydrogens (tertiary/aromatic N) is 4. The molecule has 0 atom stereocenters. The molecule has 0 unspecified atom stereocenters. The van der Waals surface area contributed by atoms with Crippen molar-refractivity contribution in [1.29, 1.82) is 0 Å². The third-order valence-electron chi connectivity index (χ3n) is 13.3. The van der Waals surface area contributed by atoms with E-state index in [-0.39, 0.29) is 27.3 Å². The van der Waals surface area contributed by atoms with E-state index in [0.29, 0.717) is 16.2 Å². The molecule has 13 aromatic rings. The molecule has 10 aromatic carbocycles. The van der Waals surface area contributed by atoms with Crippen LogP contribution in [0.4, 0.5) is 17.6 Å². The summed E-state index contributed by atoms with van der Waals surface area (Å²) in [6, 6.07) is 70.9. The van der Waals surface area contributed by atoms with Crippen LogP contribution >= 0.6 is 0 Å². The lowest BCUT2D eigenvalue weighted by Gasteiger charge is -2.19. The zero-order valence-corrected chi connectivity index (χ0v) is 46.0. The molecule has 3 aromatic heterocycles. The molecule has 80 heavy (non-hydrogen) atoms. The van der Waals surface area contributed by atoms with Crippen molar-refractivity contribution >= 4 is 90.4 Å². The Kier molecular flexibility index (Phi) is 19.0. The van der Waals surface area contributed by atoms with Crippen molar-refractivity contribution in [1.82, 2.24) is 19.5 Å². The van der Waals surface area contributed by atoms with E-state index in [1.165, 1.54) is 39.2 Å². The van der Waals surface area contributed by atoms with Crippen molar-refractivity contribution in [3.63, 3.8) is 0 Å². The number of imidazole rings is 1. The van der Waals surface area contributed by atoms with Gasteiger partial charge in [-0.1, -0.05) is 177 Å². The zero-order chi connectivity index (χ0) is 55.5. The second kappa shape index (κ2) is 26.4. The van der Waals surface area contributed by atoms with Crippen LogP contribution in [0.5, 0.6) is 0 Å². The summed E-state index contributed by atoms with van der Waals surface area (Å²) in [4.78, 5) is 14.0. The van der Waals surface area contributed by atoms with Gasteiger partial charge in [0.25, 0.3) is 0 Å².